The molecular formula is C26H39BrN4O3. The van der Waals surface area contributed by atoms with Gasteiger partial charge in [-0.3, -0.25) is 9.78 Å². The largest absolute Gasteiger partial charge is 0.496 e. The summed E-state index contributed by atoms with van der Waals surface area (Å²) in [6, 6.07) is 9.40. The number of hydrogen-bond donors (Lipinski definition) is 2. The van der Waals surface area contributed by atoms with Crippen LogP contribution in [0.15, 0.2) is 58.0 Å². The van der Waals surface area contributed by atoms with Crippen LogP contribution in [0, 0.1) is 5.41 Å². The number of halogens is 1. The molecule has 2 aromatic heterocycles. The van der Waals surface area contributed by atoms with E-state index in [1.54, 1.807) is 25.6 Å². The topological polar surface area (TPSA) is 101 Å². The highest BCUT2D eigenvalue weighted by Gasteiger charge is 2.18. The van der Waals surface area contributed by atoms with Crippen molar-refractivity contribution in [2.45, 2.75) is 54.4 Å². The van der Waals surface area contributed by atoms with Crippen LogP contribution in [0.5, 0.6) is 5.75 Å². The van der Waals surface area contributed by atoms with Gasteiger partial charge in [-0.1, -0.05) is 41.5 Å². The van der Waals surface area contributed by atoms with E-state index in [0.717, 1.165) is 22.9 Å². The number of pyridine rings is 1. The maximum Gasteiger partial charge on any atom is 0.273 e. The Labute approximate surface area is 213 Å². The zero-order valence-electron chi connectivity index (χ0n) is 21.4. The van der Waals surface area contributed by atoms with Crippen molar-refractivity contribution < 1.29 is 13.9 Å². The van der Waals surface area contributed by atoms with Crippen molar-refractivity contribution in [1.82, 2.24) is 15.3 Å². The molecule has 188 valence electrons. The van der Waals surface area contributed by atoms with Crippen LogP contribution in [-0.4, -0.2) is 36.2 Å². The molecule has 0 atom stereocenters. The van der Waals surface area contributed by atoms with Crippen LogP contribution < -0.4 is 10.1 Å². The van der Waals surface area contributed by atoms with E-state index in [1.165, 1.54) is 12.0 Å². The Morgan fingerprint density at radius 3 is 2.26 bits per heavy atom. The number of rotatable bonds is 7. The molecule has 0 aliphatic rings. The molecule has 2 heterocycles. The first-order valence-electron chi connectivity index (χ1n) is 11.5. The molecule has 0 aliphatic carbocycles. The number of nitrogens with one attached hydrogen (secondary N) is 2. The summed E-state index contributed by atoms with van der Waals surface area (Å²) in [5.74, 6) is 0.880. The van der Waals surface area contributed by atoms with Crippen LogP contribution in [-0.2, 0) is 6.42 Å². The van der Waals surface area contributed by atoms with E-state index >= 15 is 0 Å². The molecule has 0 bridgehead atoms. The molecule has 1 aromatic carbocycles. The highest BCUT2D eigenvalue weighted by Crippen LogP contribution is 2.31. The van der Waals surface area contributed by atoms with E-state index < -0.39 is 0 Å². The first-order valence-corrected chi connectivity index (χ1v) is 12.3. The van der Waals surface area contributed by atoms with Gasteiger partial charge in [-0.25, -0.2) is 4.98 Å². The van der Waals surface area contributed by atoms with Crippen LogP contribution in [0.3, 0.4) is 0 Å². The Morgan fingerprint density at radius 2 is 1.71 bits per heavy atom. The molecule has 3 aromatic rings. The number of benzene rings is 1. The highest BCUT2D eigenvalue weighted by atomic mass is 79.9. The van der Waals surface area contributed by atoms with Crippen molar-refractivity contribution in [2.75, 3.05) is 13.7 Å². The number of oxazole rings is 1. The monoisotopic (exact) mass is 534 g/mol. The number of methoxy groups -OCH3 is 1. The molecule has 34 heavy (non-hydrogen) atoms. The lowest BCUT2D eigenvalue weighted by molar-refractivity contribution is 0.0949. The maximum atomic E-state index is 12.4. The van der Waals surface area contributed by atoms with Gasteiger partial charge in [0, 0.05) is 24.5 Å². The normalized spacial score (nSPS) is 8.71. The first-order chi connectivity index (χ1) is 16.7. The molecule has 2 N–H and O–H groups in total. The van der Waals surface area contributed by atoms with Gasteiger partial charge in [0.1, 0.15) is 5.75 Å². The smallest absolute Gasteiger partial charge is 0.273 e. The van der Waals surface area contributed by atoms with Crippen LogP contribution >= 0.6 is 15.9 Å². The summed E-state index contributed by atoms with van der Waals surface area (Å²) in [6.07, 6.45) is 6.52. The zero-order chi connectivity index (χ0) is 26.4. The molecule has 0 saturated carbocycles. The average molecular weight is 536 g/mol. The van der Waals surface area contributed by atoms with Gasteiger partial charge in [0.15, 0.2) is 17.8 Å². The number of amides is 1. The Kier molecular flexibility index (Phi) is 21.3. The molecule has 8 heteroatoms. The number of nitrogens with zero attached hydrogens (tertiary/aromatic N) is 2. The predicted molar refractivity (Wildman–Crippen MR) is 145 cm³/mol. The van der Waals surface area contributed by atoms with Gasteiger partial charge in [-0.05, 0) is 71.4 Å². The Balaban J connectivity index is 0. The van der Waals surface area contributed by atoms with Gasteiger partial charge >= 0.3 is 0 Å². The second kappa shape index (κ2) is 21.8. The van der Waals surface area contributed by atoms with E-state index in [0.29, 0.717) is 18.1 Å². The third-order valence-corrected chi connectivity index (χ3v) is 4.49. The second-order valence-corrected chi connectivity index (χ2v) is 6.45. The fourth-order valence-corrected chi connectivity index (χ4v) is 3.09. The number of aromatic nitrogens is 2. The molecule has 0 unspecified atom stereocenters. The first kappa shape index (κ1) is 33.2. The number of aryl methyl sites for hydroxylation is 1. The minimum atomic E-state index is -0.254. The lowest BCUT2D eigenvalue weighted by Crippen LogP contribution is -2.25. The molecule has 0 saturated heterocycles. The Bertz CT molecular complexity index is 902. The predicted octanol–water partition coefficient (Wildman–Crippen LogP) is 7.21. The number of carbonyl (C=O) groups excluding carboxylic acids is 1. The van der Waals surface area contributed by atoms with Crippen molar-refractivity contribution in [3.8, 4) is 17.1 Å². The minimum absolute atomic E-state index is 0.254. The SMILES string of the molecule is C=N.CC.CC.CC.COc1ccc(-c2ocnc2C(=O)NCCCc2ccncc2)cc1Br. The third-order valence-electron chi connectivity index (χ3n) is 3.87. The number of ether oxygens (including phenoxy) is 1. The van der Waals surface area contributed by atoms with Crippen molar-refractivity contribution in [1.29, 1.82) is 5.41 Å². The summed E-state index contributed by atoms with van der Waals surface area (Å²) < 4.78 is 11.4. The van der Waals surface area contributed by atoms with Gasteiger partial charge in [-0.2, -0.15) is 0 Å². The van der Waals surface area contributed by atoms with Gasteiger partial charge in [0.05, 0.1) is 11.6 Å². The summed E-state index contributed by atoms with van der Waals surface area (Å²) in [7, 11) is 1.60. The number of carbonyl (C=O) groups is 1. The molecule has 0 fully saturated rings. The maximum absolute atomic E-state index is 12.4. The third kappa shape index (κ3) is 11.2. The quantitative estimate of drug-likeness (QED) is 0.246. The van der Waals surface area contributed by atoms with Gasteiger partial charge in [-0.15, -0.1) is 0 Å². The average Bonchev–Trinajstić information content (AvgIpc) is 3.42. The lowest BCUT2D eigenvalue weighted by Gasteiger charge is -2.07. The lowest BCUT2D eigenvalue weighted by atomic mass is 10.1. The summed E-state index contributed by atoms with van der Waals surface area (Å²) in [5, 5.41) is 8.39. The standard InChI is InChI=1S/C19H18BrN3O3.3C2H6.CH3N/c1-25-16-5-4-14(11-15(16)20)18-17(23-12-26-18)19(24)22-8-2-3-13-6-9-21-10-7-13;4*1-2/h4-7,9-12H,2-3,8H2,1H3,(H,22,24);3*1-2H3;2H,1H2. The van der Waals surface area contributed by atoms with Crippen molar-refractivity contribution in [3.05, 3.63) is 64.8 Å². The molecule has 3 rings (SSSR count). The fraction of sp³-hybridized carbons (Fsp3) is 0.385. The fourth-order valence-electron chi connectivity index (χ4n) is 2.55. The van der Waals surface area contributed by atoms with Gasteiger partial charge in [0.2, 0.25) is 0 Å². The Hall–Kier alpha value is -3.00. The zero-order valence-corrected chi connectivity index (χ0v) is 23.0. The molecule has 7 nitrogen and oxygen atoms in total. The van der Waals surface area contributed by atoms with E-state index in [2.05, 4.69) is 37.9 Å². The summed E-state index contributed by atoms with van der Waals surface area (Å²) in [4.78, 5) is 20.5. The van der Waals surface area contributed by atoms with Crippen molar-refractivity contribution in [3.63, 3.8) is 0 Å². The van der Waals surface area contributed by atoms with Crippen LogP contribution in [0.2, 0.25) is 0 Å². The van der Waals surface area contributed by atoms with Crippen LogP contribution in [0.4, 0.5) is 0 Å². The highest BCUT2D eigenvalue weighted by molar-refractivity contribution is 9.10. The van der Waals surface area contributed by atoms with E-state index in [1.807, 2.05) is 65.8 Å². The second-order valence-electron chi connectivity index (χ2n) is 5.59. The van der Waals surface area contributed by atoms with Gasteiger partial charge < -0.3 is 19.9 Å². The Morgan fingerprint density at radius 1 is 1.09 bits per heavy atom. The molecule has 0 spiro atoms. The molecule has 0 radical (unpaired) electrons. The van der Waals surface area contributed by atoms with E-state index in [-0.39, 0.29) is 11.6 Å². The van der Waals surface area contributed by atoms with Crippen molar-refractivity contribution in [2.24, 2.45) is 0 Å². The van der Waals surface area contributed by atoms with E-state index in [4.69, 9.17) is 14.6 Å². The molecular weight excluding hydrogens is 496 g/mol. The summed E-state index contributed by atoms with van der Waals surface area (Å²) in [5.41, 5.74) is 2.21. The van der Waals surface area contributed by atoms with Gasteiger partial charge in [0.25, 0.3) is 5.91 Å². The molecule has 1 amide bonds. The number of hydrogen-bond acceptors (Lipinski definition) is 6. The summed E-state index contributed by atoms with van der Waals surface area (Å²) in [6.45, 7) is 15.1. The summed E-state index contributed by atoms with van der Waals surface area (Å²) >= 11 is 3.44. The van der Waals surface area contributed by atoms with Crippen molar-refractivity contribution >= 4 is 28.6 Å². The van der Waals surface area contributed by atoms with Crippen LogP contribution in [0.25, 0.3) is 11.3 Å². The minimum Gasteiger partial charge on any atom is -0.496 e. The van der Waals surface area contributed by atoms with E-state index in [9.17, 15) is 4.79 Å². The molecule has 0 aliphatic heterocycles. The van der Waals surface area contributed by atoms with Crippen LogP contribution in [0.1, 0.15) is 64.0 Å².